The predicted octanol–water partition coefficient (Wildman–Crippen LogP) is 1.41. The first kappa shape index (κ1) is 12.9. The topological polar surface area (TPSA) is 41.6 Å². The summed E-state index contributed by atoms with van der Waals surface area (Å²) in [6, 6.07) is 7.75. The maximum atomic E-state index is 11.8. The van der Waals surface area contributed by atoms with Gasteiger partial charge in [0, 0.05) is 12.1 Å². The summed E-state index contributed by atoms with van der Waals surface area (Å²) >= 11 is 0. The van der Waals surface area contributed by atoms with Gasteiger partial charge in [-0.2, -0.15) is 0 Å². The van der Waals surface area contributed by atoms with Crippen molar-refractivity contribution in [1.29, 1.82) is 0 Å². The zero-order chi connectivity index (χ0) is 12.8. The lowest BCUT2D eigenvalue weighted by molar-refractivity contribution is -0.122. The van der Waals surface area contributed by atoms with Crippen LogP contribution < -0.4 is 10.1 Å². The highest BCUT2D eigenvalue weighted by molar-refractivity contribution is 5.78. The summed E-state index contributed by atoms with van der Waals surface area (Å²) in [4.78, 5) is 14.0. The molecule has 0 radical (unpaired) electrons. The van der Waals surface area contributed by atoms with Crippen molar-refractivity contribution in [1.82, 2.24) is 10.2 Å². The second-order valence-electron chi connectivity index (χ2n) is 4.57. The van der Waals surface area contributed by atoms with E-state index >= 15 is 0 Å². The lowest BCUT2D eigenvalue weighted by Gasteiger charge is -2.14. The van der Waals surface area contributed by atoms with Crippen molar-refractivity contribution in [3.8, 4) is 5.75 Å². The van der Waals surface area contributed by atoms with Crippen LogP contribution in [0.2, 0.25) is 0 Å². The Morgan fingerprint density at radius 2 is 2.06 bits per heavy atom. The van der Waals surface area contributed by atoms with E-state index in [1.807, 2.05) is 24.3 Å². The molecule has 4 heteroatoms. The van der Waals surface area contributed by atoms with E-state index in [9.17, 15) is 4.79 Å². The van der Waals surface area contributed by atoms with Crippen molar-refractivity contribution in [2.75, 3.05) is 26.7 Å². The number of carbonyl (C=O) groups is 1. The maximum Gasteiger partial charge on any atom is 0.234 e. The van der Waals surface area contributed by atoms with Gasteiger partial charge in [-0.3, -0.25) is 9.69 Å². The summed E-state index contributed by atoms with van der Waals surface area (Å²) < 4.78 is 5.25. The summed E-state index contributed by atoms with van der Waals surface area (Å²) in [6.45, 7) is 3.12. The first-order chi connectivity index (χ1) is 8.79. The summed E-state index contributed by atoms with van der Waals surface area (Å²) in [6.07, 6.45) is 2.42. The number of ether oxygens (including phenoxy) is 1. The van der Waals surface area contributed by atoms with E-state index in [1.54, 1.807) is 7.11 Å². The summed E-state index contributed by atoms with van der Waals surface area (Å²) in [5, 5.41) is 2.94. The molecule has 1 amide bonds. The predicted molar refractivity (Wildman–Crippen MR) is 70.5 cm³/mol. The minimum absolute atomic E-state index is 0.0859. The Kier molecular flexibility index (Phi) is 4.59. The highest BCUT2D eigenvalue weighted by Gasteiger charge is 2.14. The molecular weight excluding hydrogens is 228 g/mol. The van der Waals surface area contributed by atoms with E-state index in [2.05, 4.69) is 10.2 Å². The quantitative estimate of drug-likeness (QED) is 0.856. The van der Waals surface area contributed by atoms with Crippen LogP contribution in [0.5, 0.6) is 5.75 Å². The number of rotatable bonds is 5. The van der Waals surface area contributed by atoms with Gasteiger partial charge in [0.25, 0.3) is 0 Å². The Labute approximate surface area is 108 Å². The summed E-state index contributed by atoms with van der Waals surface area (Å²) in [5.74, 6) is 0.904. The molecule has 1 fully saturated rings. The first-order valence-corrected chi connectivity index (χ1v) is 6.40. The highest BCUT2D eigenvalue weighted by atomic mass is 16.5. The number of carbonyl (C=O) groups excluding carboxylic acids is 1. The highest BCUT2D eigenvalue weighted by Crippen LogP contribution is 2.16. The number of hydrogen-bond acceptors (Lipinski definition) is 3. The molecule has 1 aliphatic rings. The average Bonchev–Trinajstić information content (AvgIpc) is 2.89. The van der Waals surface area contributed by atoms with Crippen molar-refractivity contribution < 1.29 is 9.53 Å². The molecule has 0 bridgehead atoms. The average molecular weight is 248 g/mol. The standard InChI is InChI=1S/C14H20N2O2/c1-18-13-7-3-2-6-12(13)10-15-14(17)11-16-8-4-5-9-16/h2-3,6-7H,4-5,8-11H2,1H3,(H,15,17). The molecule has 0 saturated carbocycles. The van der Waals surface area contributed by atoms with Crippen LogP contribution in [0.4, 0.5) is 0 Å². The van der Waals surface area contributed by atoms with Gasteiger partial charge in [0.05, 0.1) is 13.7 Å². The van der Waals surface area contributed by atoms with Crippen LogP contribution in [-0.2, 0) is 11.3 Å². The molecule has 1 aromatic rings. The van der Waals surface area contributed by atoms with E-state index in [-0.39, 0.29) is 5.91 Å². The SMILES string of the molecule is COc1ccccc1CNC(=O)CN1CCCC1. The molecule has 0 atom stereocenters. The Balaban J connectivity index is 1.81. The lowest BCUT2D eigenvalue weighted by Crippen LogP contribution is -2.35. The van der Waals surface area contributed by atoms with Crippen LogP contribution >= 0.6 is 0 Å². The molecule has 0 spiro atoms. The fourth-order valence-corrected chi connectivity index (χ4v) is 2.24. The minimum atomic E-state index is 0.0859. The van der Waals surface area contributed by atoms with Crippen LogP contribution in [0.15, 0.2) is 24.3 Å². The Morgan fingerprint density at radius 1 is 1.33 bits per heavy atom. The summed E-state index contributed by atoms with van der Waals surface area (Å²) in [7, 11) is 1.64. The number of benzene rings is 1. The fourth-order valence-electron chi connectivity index (χ4n) is 2.24. The lowest BCUT2D eigenvalue weighted by atomic mass is 10.2. The molecule has 98 valence electrons. The van der Waals surface area contributed by atoms with Gasteiger partial charge >= 0.3 is 0 Å². The van der Waals surface area contributed by atoms with Crippen LogP contribution in [0.1, 0.15) is 18.4 Å². The largest absolute Gasteiger partial charge is 0.496 e. The molecule has 0 aromatic heterocycles. The molecule has 0 aliphatic carbocycles. The number of nitrogens with zero attached hydrogens (tertiary/aromatic N) is 1. The molecule has 1 aliphatic heterocycles. The molecule has 18 heavy (non-hydrogen) atoms. The van der Waals surface area contributed by atoms with Crippen molar-refractivity contribution in [2.24, 2.45) is 0 Å². The van der Waals surface area contributed by atoms with Crippen molar-refractivity contribution in [3.63, 3.8) is 0 Å². The molecule has 1 saturated heterocycles. The van der Waals surface area contributed by atoms with Crippen LogP contribution in [-0.4, -0.2) is 37.6 Å². The van der Waals surface area contributed by atoms with Gasteiger partial charge in [0.1, 0.15) is 5.75 Å². The van der Waals surface area contributed by atoms with Crippen LogP contribution in [0.25, 0.3) is 0 Å². The Bertz CT molecular complexity index is 401. The molecule has 0 unspecified atom stereocenters. The molecule has 1 aromatic carbocycles. The second-order valence-corrected chi connectivity index (χ2v) is 4.57. The normalized spacial score (nSPS) is 15.6. The third-order valence-corrected chi connectivity index (χ3v) is 3.23. The van der Waals surface area contributed by atoms with E-state index in [1.165, 1.54) is 12.8 Å². The van der Waals surface area contributed by atoms with E-state index < -0.39 is 0 Å². The zero-order valence-corrected chi connectivity index (χ0v) is 10.8. The number of nitrogens with one attached hydrogen (secondary N) is 1. The molecule has 2 rings (SSSR count). The Hall–Kier alpha value is -1.55. The number of likely N-dealkylation sites (tertiary alicyclic amines) is 1. The maximum absolute atomic E-state index is 11.8. The minimum Gasteiger partial charge on any atom is -0.496 e. The van der Waals surface area contributed by atoms with E-state index in [0.29, 0.717) is 13.1 Å². The third-order valence-electron chi connectivity index (χ3n) is 3.23. The van der Waals surface area contributed by atoms with Crippen molar-refractivity contribution >= 4 is 5.91 Å². The van der Waals surface area contributed by atoms with Gasteiger partial charge in [0.2, 0.25) is 5.91 Å². The van der Waals surface area contributed by atoms with Gasteiger partial charge in [0.15, 0.2) is 0 Å². The molecule has 1 heterocycles. The van der Waals surface area contributed by atoms with Crippen LogP contribution in [0, 0.1) is 0 Å². The van der Waals surface area contributed by atoms with E-state index in [0.717, 1.165) is 24.4 Å². The van der Waals surface area contributed by atoms with Crippen molar-refractivity contribution in [3.05, 3.63) is 29.8 Å². The third kappa shape index (κ3) is 3.47. The van der Waals surface area contributed by atoms with Gasteiger partial charge < -0.3 is 10.1 Å². The molecular formula is C14H20N2O2. The Morgan fingerprint density at radius 3 is 2.78 bits per heavy atom. The molecule has 1 N–H and O–H groups in total. The smallest absolute Gasteiger partial charge is 0.234 e. The summed E-state index contributed by atoms with van der Waals surface area (Å²) in [5.41, 5.74) is 1.01. The first-order valence-electron chi connectivity index (χ1n) is 6.40. The van der Waals surface area contributed by atoms with Crippen molar-refractivity contribution in [2.45, 2.75) is 19.4 Å². The van der Waals surface area contributed by atoms with Crippen LogP contribution in [0.3, 0.4) is 0 Å². The monoisotopic (exact) mass is 248 g/mol. The molecule has 4 nitrogen and oxygen atoms in total. The fraction of sp³-hybridized carbons (Fsp3) is 0.500. The number of amides is 1. The van der Waals surface area contributed by atoms with Gasteiger partial charge in [-0.05, 0) is 32.0 Å². The van der Waals surface area contributed by atoms with Gasteiger partial charge in [-0.1, -0.05) is 18.2 Å². The number of para-hydroxylation sites is 1. The van der Waals surface area contributed by atoms with E-state index in [4.69, 9.17) is 4.74 Å². The van der Waals surface area contributed by atoms with Gasteiger partial charge in [-0.15, -0.1) is 0 Å². The zero-order valence-electron chi connectivity index (χ0n) is 10.8. The van der Waals surface area contributed by atoms with Gasteiger partial charge in [-0.25, -0.2) is 0 Å². The second kappa shape index (κ2) is 6.40. The number of methoxy groups -OCH3 is 1. The number of hydrogen-bond donors (Lipinski definition) is 1.